The molecule has 0 saturated heterocycles. The molecule has 0 amide bonds. The molecule has 27 heavy (non-hydrogen) atoms. The summed E-state index contributed by atoms with van der Waals surface area (Å²) in [5, 5.41) is 3.83. The fourth-order valence-corrected chi connectivity index (χ4v) is 2.99. The second-order valence-corrected chi connectivity index (χ2v) is 6.68. The lowest BCUT2D eigenvalue weighted by Crippen LogP contribution is -2.21. The van der Waals surface area contributed by atoms with Crippen LogP contribution in [-0.4, -0.2) is 24.2 Å². The Morgan fingerprint density at radius 1 is 1.07 bits per heavy atom. The number of hydrogen-bond donors (Lipinski definition) is 2. The molecule has 3 aromatic rings. The third-order valence-electron chi connectivity index (χ3n) is 3.84. The summed E-state index contributed by atoms with van der Waals surface area (Å²) in [7, 11) is 0. The average Bonchev–Trinajstić information content (AvgIpc) is 2.83. The number of aliphatic imine (C=N–C) groups is 3. The van der Waals surface area contributed by atoms with Crippen molar-refractivity contribution in [2.75, 3.05) is 5.32 Å². The quantitative estimate of drug-likeness (QED) is 0.617. The Morgan fingerprint density at radius 3 is 2.70 bits per heavy atom. The first kappa shape index (κ1) is 17.3. The molecule has 0 aliphatic carbocycles. The first-order chi connectivity index (χ1) is 13.1. The summed E-state index contributed by atoms with van der Waals surface area (Å²) in [5.41, 5.74) is 7.34. The number of benzene rings is 2. The highest BCUT2D eigenvalue weighted by Crippen LogP contribution is 2.19. The Balaban J connectivity index is 1.69. The molecule has 1 aliphatic heterocycles. The van der Waals surface area contributed by atoms with E-state index in [2.05, 4.69) is 36.2 Å². The fraction of sp³-hybridized carbons (Fsp3) is 0.0526. The first-order valence-corrected chi connectivity index (χ1v) is 8.89. The van der Waals surface area contributed by atoms with E-state index in [1.165, 1.54) is 6.21 Å². The van der Waals surface area contributed by atoms with Crippen LogP contribution in [0, 0.1) is 0 Å². The maximum absolute atomic E-state index is 12.4. The van der Waals surface area contributed by atoms with Gasteiger partial charge in [-0.15, -0.1) is 0 Å². The van der Waals surface area contributed by atoms with E-state index in [0.29, 0.717) is 17.3 Å². The molecule has 0 radical (unpaired) electrons. The second kappa shape index (κ2) is 7.26. The van der Waals surface area contributed by atoms with E-state index in [-0.39, 0.29) is 5.56 Å². The lowest BCUT2D eigenvalue weighted by Gasteiger charge is -2.05. The van der Waals surface area contributed by atoms with Crippen molar-refractivity contribution in [3.63, 3.8) is 0 Å². The molecule has 0 fully saturated rings. The van der Waals surface area contributed by atoms with Gasteiger partial charge in [-0.2, -0.15) is 0 Å². The Bertz CT molecular complexity index is 1150. The van der Waals surface area contributed by atoms with Crippen LogP contribution in [-0.2, 0) is 0 Å². The normalized spacial score (nSPS) is 16.6. The molecule has 0 spiro atoms. The van der Waals surface area contributed by atoms with Crippen LogP contribution >= 0.6 is 15.9 Å². The van der Waals surface area contributed by atoms with Gasteiger partial charge < -0.3 is 9.73 Å². The van der Waals surface area contributed by atoms with E-state index in [1.54, 1.807) is 18.2 Å². The van der Waals surface area contributed by atoms with Crippen molar-refractivity contribution in [1.82, 2.24) is 0 Å². The monoisotopic (exact) mass is 423 g/mol. The topological polar surface area (TPSA) is 105 Å². The van der Waals surface area contributed by atoms with Crippen molar-refractivity contribution in [3.8, 4) is 0 Å². The standard InChI is InChI=1S/C19H14BrN5O2/c20-12-6-7-16-11(8-12)9-14(17(26)27-16)15-10-22-19(25-18(21)24-15)23-13-4-2-1-3-5-13/h1-10,18H,21H2,(H,23,25). The number of rotatable bonds is 2. The van der Waals surface area contributed by atoms with Crippen LogP contribution in [0.1, 0.15) is 5.56 Å². The highest BCUT2D eigenvalue weighted by molar-refractivity contribution is 9.10. The number of halogens is 1. The van der Waals surface area contributed by atoms with Crippen LogP contribution in [0.25, 0.3) is 11.0 Å². The van der Waals surface area contributed by atoms with Gasteiger partial charge in [0.05, 0.1) is 17.5 Å². The van der Waals surface area contributed by atoms with Crippen LogP contribution < -0.4 is 16.7 Å². The number of nitrogens with zero attached hydrogens (tertiary/aromatic N) is 3. The smallest absolute Gasteiger partial charge is 0.345 e. The molecular formula is C19H14BrN5O2. The largest absolute Gasteiger partial charge is 0.422 e. The summed E-state index contributed by atoms with van der Waals surface area (Å²) in [6, 6.07) is 16.6. The van der Waals surface area contributed by atoms with Gasteiger partial charge in [-0.1, -0.05) is 34.1 Å². The van der Waals surface area contributed by atoms with Gasteiger partial charge in [0.2, 0.25) is 5.96 Å². The predicted octanol–water partition coefficient (Wildman–Crippen LogP) is 3.14. The third-order valence-corrected chi connectivity index (χ3v) is 4.33. The second-order valence-electron chi connectivity index (χ2n) is 5.76. The molecule has 2 aromatic carbocycles. The number of hydrogen-bond acceptors (Lipinski definition) is 7. The first-order valence-electron chi connectivity index (χ1n) is 8.09. The zero-order valence-corrected chi connectivity index (χ0v) is 15.6. The Morgan fingerprint density at radius 2 is 1.89 bits per heavy atom. The summed E-state index contributed by atoms with van der Waals surface area (Å²) >= 11 is 3.41. The van der Waals surface area contributed by atoms with Gasteiger partial charge in [-0.05, 0) is 36.4 Å². The van der Waals surface area contributed by atoms with E-state index in [1.807, 2.05) is 36.4 Å². The minimum atomic E-state index is -0.897. The molecule has 2 heterocycles. The fourth-order valence-electron chi connectivity index (χ4n) is 2.61. The SMILES string of the molecule is NC1N=C(Nc2ccccc2)N=CC(c2cc3cc(Br)ccc3oc2=O)=N1. The van der Waals surface area contributed by atoms with Gasteiger partial charge in [-0.3, -0.25) is 5.73 Å². The van der Waals surface area contributed by atoms with Crippen molar-refractivity contribution in [2.45, 2.75) is 6.29 Å². The van der Waals surface area contributed by atoms with E-state index >= 15 is 0 Å². The van der Waals surface area contributed by atoms with Gasteiger partial charge in [0, 0.05) is 15.5 Å². The lowest BCUT2D eigenvalue weighted by molar-refractivity contribution is 0.559. The van der Waals surface area contributed by atoms with Crippen LogP contribution in [0.3, 0.4) is 0 Å². The molecule has 1 aromatic heterocycles. The van der Waals surface area contributed by atoms with Gasteiger partial charge in [0.1, 0.15) is 5.58 Å². The molecule has 1 aliphatic rings. The van der Waals surface area contributed by atoms with Gasteiger partial charge in [0.25, 0.3) is 0 Å². The Kier molecular flexibility index (Phi) is 4.66. The molecule has 1 atom stereocenters. The van der Waals surface area contributed by atoms with Crippen LogP contribution in [0.2, 0.25) is 0 Å². The van der Waals surface area contributed by atoms with Gasteiger partial charge >= 0.3 is 5.63 Å². The van der Waals surface area contributed by atoms with Crippen molar-refractivity contribution >= 4 is 50.5 Å². The molecule has 8 heteroatoms. The minimum absolute atomic E-state index is 0.274. The molecule has 0 saturated carbocycles. The number of anilines is 1. The summed E-state index contributed by atoms with van der Waals surface area (Å²) in [5.74, 6) is 0.306. The summed E-state index contributed by atoms with van der Waals surface area (Å²) in [4.78, 5) is 25.2. The zero-order chi connectivity index (χ0) is 18.8. The molecule has 7 nitrogen and oxygen atoms in total. The number of fused-ring (bicyclic) bond motifs is 1. The van der Waals surface area contributed by atoms with E-state index in [9.17, 15) is 4.79 Å². The Hall–Kier alpha value is -3.10. The summed E-state index contributed by atoms with van der Waals surface area (Å²) in [6.45, 7) is 0. The average molecular weight is 424 g/mol. The maximum atomic E-state index is 12.4. The van der Waals surface area contributed by atoms with E-state index < -0.39 is 11.9 Å². The van der Waals surface area contributed by atoms with Crippen LogP contribution in [0.4, 0.5) is 5.69 Å². The highest BCUT2D eigenvalue weighted by atomic mass is 79.9. The predicted molar refractivity (Wildman–Crippen MR) is 111 cm³/mol. The van der Waals surface area contributed by atoms with Gasteiger partial charge in [-0.25, -0.2) is 19.8 Å². The lowest BCUT2D eigenvalue weighted by atomic mass is 10.1. The summed E-state index contributed by atoms with van der Waals surface area (Å²) < 4.78 is 6.26. The molecule has 1 unspecified atom stereocenters. The number of nitrogens with one attached hydrogen (secondary N) is 1. The third kappa shape index (κ3) is 3.86. The highest BCUT2D eigenvalue weighted by Gasteiger charge is 2.15. The van der Waals surface area contributed by atoms with E-state index in [0.717, 1.165) is 15.5 Å². The molecule has 3 N–H and O–H groups in total. The molecule has 0 bridgehead atoms. The van der Waals surface area contributed by atoms with Crippen molar-refractivity contribution < 1.29 is 4.42 Å². The van der Waals surface area contributed by atoms with Crippen LogP contribution in [0.5, 0.6) is 0 Å². The van der Waals surface area contributed by atoms with Crippen molar-refractivity contribution in [1.29, 1.82) is 0 Å². The van der Waals surface area contributed by atoms with Gasteiger partial charge in [0.15, 0.2) is 6.29 Å². The number of guanidine groups is 1. The summed E-state index contributed by atoms with van der Waals surface area (Å²) in [6.07, 6.45) is 0.559. The number of para-hydroxylation sites is 1. The zero-order valence-electron chi connectivity index (χ0n) is 14.0. The van der Waals surface area contributed by atoms with Crippen molar-refractivity contribution in [2.24, 2.45) is 20.7 Å². The molecule has 134 valence electrons. The minimum Gasteiger partial charge on any atom is -0.422 e. The molecule has 4 rings (SSSR count). The van der Waals surface area contributed by atoms with Crippen LogP contribution in [0.15, 0.2) is 83.3 Å². The Labute approximate surface area is 162 Å². The number of nitrogens with two attached hydrogens (primary N) is 1. The van der Waals surface area contributed by atoms with Crippen molar-refractivity contribution in [3.05, 3.63) is 75.1 Å². The van der Waals surface area contributed by atoms with E-state index in [4.69, 9.17) is 10.2 Å². The maximum Gasteiger partial charge on any atom is 0.345 e. The molecular weight excluding hydrogens is 410 g/mol.